The lowest BCUT2D eigenvalue weighted by atomic mass is 10.3. The molecule has 3 N–H and O–H groups in total. The van der Waals surface area contributed by atoms with Gasteiger partial charge in [-0.2, -0.15) is 0 Å². The highest BCUT2D eigenvalue weighted by atomic mass is 16.4. The molecule has 1 aliphatic rings. The van der Waals surface area contributed by atoms with Gasteiger partial charge < -0.3 is 15.7 Å². The minimum Gasteiger partial charge on any atom is -0.478 e. The van der Waals surface area contributed by atoms with E-state index in [1.165, 1.54) is 0 Å². The first-order valence-electron chi connectivity index (χ1n) is 4.50. The van der Waals surface area contributed by atoms with Crippen LogP contribution in [0.4, 0.5) is 0 Å². The van der Waals surface area contributed by atoms with Crippen molar-refractivity contribution in [3.63, 3.8) is 0 Å². The molecule has 1 amide bonds. The number of rotatable bonds is 6. The van der Waals surface area contributed by atoms with Crippen molar-refractivity contribution >= 4 is 11.9 Å². The van der Waals surface area contributed by atoms with E-state index >= 15 is 0 Å². The summed E-state index contributed by atoms with van der Waals surface area (Å²) in [6.45, 7) is 3.60. The fraction of sp³-hybridized carbons (Fsp3) is 0.556. The largest absolute Gasteiger partial charge is 0.478 e. The summed E-state index contributed by atoms with van der Waals surface area (Å²) in [6, 6.07) is 0.340. The highest BCUT2D eigenvalue weighted by molar-refractivity contribution is 5.86. The molecule has 1 fully saturated rings. The summed E-state index contributed by atoms with van der Waals surface area (Å²) in [5, 5.41) is 13.9. The number of nitrogens with one attached hydrogen (secondary N) is 2. The third-order valence-electron chi connectivity index (χ3n) is 1.87. The van der Waals surface area contributed by atoms with Crippen molar-refractivity contribution in [2.24, 2.45) is 0 Å². The van der Waals surface area contributed by atoms with Crippen molar-refractivity contribution in [2.75, 3.05) is 13.1 Å². The minimum absolute atomic E-state index is 0.0595. The molecular weight excluding hydrogens is 184 g/mol. The molecule has 5 nitrogen and oxygen atoms in total. The average molecular weight is 198 g/mol. The molecule has 0 atom stereocenters. The first-order valence-corrected chi connectivity index (χ1v) is 4.50. The van der Waals surface area contributed by atoms with Gasteiger partial charge >= 0.3 is 5.97 Å². The van der Waals surface area contributed by atoms with Gasteiger partial charge in [0.25, 0.3) is 0 Å². The van der Waals surface area contributed by atoms with Crippen LogP contribution in [-0.2, 0) is 9.59 Å². The second-order valence-electron chi connectivity index (χ2n) is 3.35. The summed E-state index contributed by atoms with van der Waals surface area (Å²) in [6.07, 6.45) is 2.10. The van der Waals surface area contributed by atoms with Crippen LogP contribution in [0.1, 0.15) is 12.8 Å². The summed E-state index contributed by atoms with van der Waals surface area (Å²) in [5.74, 6) is -1.13. The predicted molar refractivity (Wildman–Crippen MR) is 50.8 cm³/mol. The van der Waals surface area contributed by atoms with E-state index in [2.05, 4.69) is 17.2 Å². The zero-order chi connectivity index (χ0) is 10.6. The Bertz CT molecular complexity index is 259. The molecule has 0 aliphatic heterocycles. The van der Waals surface area contributed by atoms with Crippen LogP contribution in [0.5, 0.6) is 0 Å². The van der Waals surface area contributed by atoms with Crippen molar-refractivity contribution in [1.82, 2.24) is 10.6 Å². The van der Waals surface area contributed by atoms with Crippen LogP contribution in [0.3, 0.4) is 0 Å². The molecule has 0 spiro atoms. The van der Waals surface area contributed by atoms with Crippen molar-refractivity contribution < 1.29 is 14.7 Å². The number of hydrogen-bond donors (Lipinski definition) is 3. The van der Waals surface area contributed by atoms with Crippen LogP contribution in [0.15, 0.2) is 12.2 Å². The summed E-state index contributed by atoms with van der Waals surface area (Å²) in [5.41, 5.74) is 0.0595. The van der Waals surface area contributed by atoms with E-state index in [0.29, 0.717) is 6.04 Å². The lowest BCUT2D eigenvalue weighted by Gasteiger charge is -2.04. The highest BCUT2D eigenvalue weighted by Crippen LogP contribution is 2.18. The Hall–Kier alpha value is -1.36. The first kappa shape index (κ1) is 10.7. The maximum absolute atomic E-state index is 11.1. The summed E-state index contributed by atoms with van der Waals surface area (Å²) in [7, 11) is 0. The molecule has 78 valence electrons. The van der Waals surface area contributed by atoms with Crippen molar-refractivity contribution in [3.05, 3.63) is 12.2 Å². The first-order chi connectivity index (χ1) is 6.59. The third kappa shape index (κ3) is 4.04. The van der Waals surface area contributed by atoms with E-state index in [1.54, 1.807) is 0 Å². The van der Waals surface area contributed by atoms with Gasteiger partial charge in [-0.3, -0.25) is 4.79 Å². The Morgan fingerprint density at radius 3 is 2.50 bits per heavy atom. The Morgan fingerprint density at radius 1 is 1.36 bits per heavy atom. The number of aliphatic carboxylic acids is 1. The zero-order valence-electron chi connectivity index (χ0n) is 7.88. The van der Waals surface area contributed by atoms with Crippen LogP contribution < -0.4 is 10.6 Å². The summed E-state index contributed by atoms with van der Waals surface area (Å²) in [4.78, 5) is 21.4. The predicted octanol–water partition coefficient (Wildman–Crippen LogP) is -0.505. The van der Waals surface area contributed by atoms with Crippen LogP contribution in [0.25, 0.3) is 0 Å². The van der Waals surface area contributed by atoms with Crippen LogP contribution in [0.2, 0.25) is 0 Å². The fourth-order valence-electron chi connectivity index (χ4n) is 0.909. The SMILES string of the molecule is C=C(CNCC(=O)NC1CC1)C(=O)O. The van der Waals surface area contributed by atoms with Gasteiger partial charge in [0.2, 0.25) is 5.91 Å². The lowest BCUT2D eigenvalue weighted by Crippen LogP contribution is -2.36. The molecule has 0 heterocycles. The summed E-state index contributed by atoms with van der Waals surface area (Å²) < 4.78 is 0. The molecule has 14 heavy (non-hydrogen) atoms. The zero-order valence-corrected chi connectivity index (χ0v) is 7.88. The van der Waals surface area contributed by atoms with E-state index < -0.39 is 5.97 Å². The average Bonchev–Trinajstić information content (AvgIpc) is 2.87. The quantitative estimate of drug-likeness (QED) is 0.502. The fourth-order valence-corrected chi connectivity index (χ4v) is 0.909. The number of hydrogen-bond acceptors (Lipinski definition) is 3. The van der Waals surface area contributed by atoms with E-state index in [9.17, 15) is 9.59 Å². The van der Waals surface area contributed by atoms with Crippen LogP contribution in [0, 0.1) is 0 Å². The topological polar surface area (TPSA) is 78.4 Å². The molecular formula is C9H14N2O3. The molecule has 5 heteroatoms. The Balaban J connectivity index is 2.04. The number of carboxylic acid groups (broad SMARTS) is 1. The maximum atomic E-state index is 11.1. The number of carboxylic acids is 1. The molecule has 0 unspecified atom stereocenters. The van der Waals surface area contributed by atoms with Crippen molar-refractivity contribution in [1.29, 1.82) is 0 Å². The van der Waals surface area contributed by atoms with Crippen molar-refractivity contribution in [3.8, 4) is 0 Å². The highest BCUT2D eigenvalue weighted by Gasteiger charge is 2.22. The van der Waals surface area contributed by atoms with E-state index in [1.807, 2.05) is 0 Å². The molecule has 1 aliphatic carbocycles. The Labute approximate surface area is 82.2 Å². The third-order valence-corrected chi connectivity index (χ3v) is 1.87. The smallest absolute Gasteiger partial charge is 0.332 e. The maximum Gasteiger partial charge on any atom is 0.332 e. The van der Waals surface area contributed by atoms with Crippen molar-refractivity contribution in [2.45, 2.75) is 18.9 Å². The second-order valence-corrected chi connectivity index (χ2v) is 3.35. The molecule has 0 aromatic rings. The molecule has 0 aromatic carbocycles. The van der Waals surface area contributed by atoms with Gasteiger partial charge in [-0.25, -0.2) is 4.79 Å². The van der Waals surface area contributed by atoms with Crippen LogP contribution in [-0.4, -0.2) is 36.1 Å². The molecule has 0 aromatic heterocycles. The summed E-state index contributed by atoms with van der Waals surface area (Å²) >= 11 is 0. The Kier molecular flexibility index (Phi) is 3.64. The van der Waals surface area contributed by atoms with Gasteiger partial charge in [0.15, 0.2) is 0 Å². The second kappa shape index (κ2) is 4.76. The minimum atomic E-state index is -1.04. The number of amides is 1. The standard InChI is InChI=1S/C9H14N2O3/c1-6(9(13)14)4-10-5-8(12)11-7-2-3-7/h7,10H,1-5H2,(H,11,12)(H,13,14). The Morgan fingerprint density at radius 2 is 2.00 bits per heavy atom. The lowest BCUT2D eigenvalue weighted by molar-refractivity contribution is -0.132. The molecule has 1 rings (SSSR count). The van der Waals surface area contributed by atoms with Gasteiger partial charge in [0.05, 0.1) is 6.54 Å². The normalized spacial score (nSPS) is 14.9. The molecule has 0 bridgehead atoms. The van der Waals surface area contributed by atoms with Gasteiger partial charge in [-0.15, -0.1) is 0 Å². The van der Waals surface area contributed by atoms with E-state index in [0.717, 1.165) is 12.8 Å². The van der Waals surface area contributed by atoms with E-state index in [4.69, 9.17) is 5.11 Å². The monoisotopic (exact) mass is 198 g/mol. The van der Waals surface area contributed by atoms with Gasteiger partial charge in [-0.1, -0.05) is 6.58 Å². The number of carbonyl (C=O) groups is 2. The van der Waals surface area contributed by atoms with Gasteiger partial charge in [0, 0.05) is 18.2 Å². The van der Waals surface area contributed by atoms with Gasteiger partial charge in [-0.05, 0) is 12.8 Å². The molecule has 0 saturated heterocycles. The number of carbonyl (C=O) groups excluding carboxylic acids is 1. The van der Waals surface area contributed by atoms with Gasteiger partial charge in [0.1, 0.15) is 0 Å². The molecule has 1 saturated carbocycles. The van der Waals surface area contributed by atoms with Crippen LogP contribution >= 0.6 is 0 Å². The molecule has 0 radical (unpaired) electrons. The van der Waals surface area contributed by atoms with E-state index in [-0.39, 0.29) is 24.6 Å².